The fraction of sp³-hybridized carbons (Fsp3) is 0.125. The van der Waals surface area contributed by atoms with Crippen LogP contribution in [0.4, 0.5) is 11.4 Å². The van der Waals surface area contributed by atoms with E-state index in [-0.39, 0.29) is 5.91 Å². The van der Waals surface area contributed by atoms with E-state index in [9.17, 15) is 4.79 Å². The molecule has 1 rings (SSSR count). The van der Waals surface area contributed by atoms with Crippen LogP contribution >= 0.6 is 12.0 Å². The number of carbonyl (C=O) groups is 1. The van der Waals surface area contributed by atoms with Crippen molar-refractivity contribution in [3.05, 3.63) is 18.2 Å². The van der Waals surface area contributed by atoms with Gasteiger partial charge in [0.1, 0.15) is 0 Å². The van der Waals surface area contributed by atoms with E-state index < -0.39 is 0 Å². The van der Waals surface area contributed by atoms with Crippen LogP contribution in [-0.2, 0) is 14.2 Å². The molecule has 0 saturated heterocycles. The Labute approximate surface area is 90.4 Å². The van der Waals surface area contributed by atoms with Crippen LogP contribution in [-0.4, -0.2) is 11.2 Å². The molecule has 0 aromatic heterocycles. The van der Waals surface area contributed by atoms with Crippen molar-refractivity contribution in [1.29, 1.82) is 0 Å². The summed E-state index contributed by atoms with van der Waals surface area (Å²) in [5, 5.41) is 14.0. The molecule has 15 heavy (non-hydrogen) atoms. The lowest BCUT2D eigenvalue weighted by molar-refractivity contribution is -0.432. The number of benzene rings is 1. The highest BCUT2D eigenvalue weighted by molar-refractivity contribution is 7.94. The van der Waals surface area contributed by atoms with Crippen molar-refractivity contribution < 1.29 is 19.4 Å². The fourth-order valence-corrected chi connectivity index (χ4v) is 1.45. The van der Waals surface area contributed by atoms with Crippen LogP contribution in [0, 0.1) is 0 Å². The van der Waals surface area contributed by atoms with Crippen molar-refractivity contribution in [2.75, 3.05) is 11.1 Å². The van der Waals surface area contributed by atoms with Gasteiger partial charge in [0, 0.05) is 12.6 Å². The first-order chi connectivity index (χ1) is 7.13. The van der Waals surface area contributed by atoms with Crippen molar-refractivity contribution in [1.82, 2.24) is 0 Å². The third-order valence-corrected chi connectivity index (χ3v) is 2.12. The third kappa shape index (κ3) is 3.76. The number of nitrogens with one attached hydrogen (secondary N) is 1. The zero-order chi connectivity index (χ0) is 11.3. The molecule has 0 saturated carbocycles. The molecule has 7 heteroatoms. The minimum Gasteiger partial charge on any atom is -0.399 e. The maximum absolute atomic E-state index is 10.9. The number of nitrogens with two attached hydrogens (primary N) is 1. The Morgan fingerprint density at radius 2 is 2.33 bits per heavy atom. The first kappa shape index (κ1) is 11.8. The molecule has 82 valence electrons. The van der Waals surface area contributed by atoms with E-state index in [1.807, 2.05) is 0 Å². The van der Waals surface area contributed by atoms with Crippen LogP contribution in [0.5, 0.6) is 0 Å². The molecule has 0 aliphatic heterocycles. The summed E-state index contributed by atoms with van der Waals surface area (Å²) in [6, 6.07) is 4.84. The Morgan fingerprint density at radius 3 is 2.93 bits per heavy atom. The van der Waals surface area contributed by atoms with Crippen LogP contribution < -0.4 is 11.1 Å². The summed E-state index contributed by atoms with van der Waals surface area (Å²) >= 11 is 0.736. The molecule has 1 aromatic carbocycles. The Bertz CT molecular complexity index is 358. The van der Waals surface area contributed by atoms with Crippen LogP contribution in [0.3, 0.4) is 0 Å². The Kier molecular flexibility index (Phi) is 4.37. The van der Waals surface area contributed by atoms with Crippen molar-refractivity contribution in [2.24, 2.45) is 0 Å². The van der Waals surface area contributed by atoms with Crippen molar-refractivity contribution in [3.8, 4) is 0 Å². The summed E-state index contributed by atoms with van der Waals surface area (Å²) in [5.41, 5.74) is 6.58. The molecule has 0 atom stereocenters. The molecule has 0 spiro atoms. The SMILES string of the molecule is CC(=O)Nc1ccc(N)cc1SOOO. The fourth-order valence-electron chi connectivity index (χ4n) is 0.953. The Morgan fingerprint density at radius 1 is 1.60 bits per heavy atom. The number of rotatable bonds is 4. The summed E-state index contributed by atoms with van der Waals surface area (Å²) in [6.07, 6.45) is 0. The average Bonchev–Trinajstić information content (AvgIpc) is 2.18. The van der Waals surface area contributed by atoms with Crippen LogP contribution in [0.2, 0.25) is 0 Å². The maximum Gasteiger partial charge on any atom is 0.221 e. The molecule has 0 fully saturated rings. The number of anilines is 2. The molecule has 0 bridgehead atoms. The highest BCUT2D eigenvalue weighted by atomic mass is 32.2. The van der Waals surface area contributed by atoms with Gasteiger partial charge in [0.25, 0.3) is 0 Å². The average molecular weight is 230 g/mol. The number of nitrogen functional groups attached to an aromatic ring is 1. The van der Waals surface area contributed by atoms with Crippen molar-refractivity contribution in [2.45, 2.75) is 11.8 Å². The summed E-state index contributed by atoms with van der Waals surface area (Å²) in [5.74, 6) is -0.216. The van der Waals surface area contributed by atoms with Crippen LogP contribution in [0.25, 0.3) is 0 Å². The number of amides is 1. The van der Waals surface area contributed by atoms with E-state index in [1.54, 1.807) is 18.2 Å². The second-order valence-electron chi connectivity index (χ2n) is 2.66. The topological polar surface area (TPSA) is 93.8 Å². The van der Waals surface area contributed by atoms with Gasteiger partial charge in [-0.1, -0.05) is 5.04 Å². The summed E-state index contributed by atoms with van der Waals surface area (Å²) in [7, 11) is 0. The predicted molar refractivity (Wildman–Crippen MR) is 55.8 cm³/mol. The highest BCUT2D eigenvalue weighted by Crippen LogP contribution is 2.29. The van der Waals surface area contributed by atoms with Gasteiger partial charge in [-0.3, -0.25) is 4.79 Å². The lowest BCUT2D eigenvalue weighted by Crippen LogP contribution is -2.07. The zero-order valence-corrected chi connectivity index (χ0v) is 8.71. The van der Waals surface area contributed by atoms with E-state index in [1.165, 1.54) is 6.92 Å². The molecular weight excluding hydrogens is 220 g/mol. The van der Waals surface area contributed by atoms with Crippen molar-refractivity contribution >= 4 is 29.3 Å². The minimum atomic E-state index is -0.216. The summed E-state index contributed by atoms with van der Waals surface area (Å²) in [4.78, 5) is 11.4. The van der Waals surface area contributed by atoms with Gasteiger partial charge in [-0.25, -0.2) is 5.26 Å². The number of hydrogen-bond donors (Lipinski definition) is 3. The Balaban J connectivity index is 2.87. The lowest BCUT2D eigenvalue weighted by atomic mass is 10.3. The number of carbonyl (C=O) groups excluding carboxylic acids is 1. The van der Waals surface area contributed by atoms with Crippen molar-refractivity contribution in [3.63, 3.8) is 0 Å². The molecule has 0 aliphatic carbocycles. The highest BCUT2D eigenvalue weighted by Gasteiger charge is 2.06. The molecule has 0 aliphatic rings. The lowest BCUT2D eigenvalue weighted by Gasteiger charge is -2.08. The van der Waals surface area contributed by atoms with Crippen LogP contribution in [0.1, 0.15) is 6.92 Å². The number of hydrogen-bond acceptors (Lipinski definition) is 6. The first-order valence-corrected chi connectivity index (χ1v) is 4.69. The van der Waals surface area contributed by atoms with Gasteiger partial charge in [0.05, 0.1) is 22.6 Å². The maximum atomic E-state index is 10.9. The van der Waals surface area contributed by atoms with E-state index in [0.717, 1.165) is 12.0 Å². The molecule has 1 aromatic rings. The largest absolute Gasteiger partial charge is 0.399 e. The smallest absolute Gasteiger partial charge is 0.221 e. The zero-order valence-electron chi connectivity index (χ0n) is 7.89. The van der Waals surface area contributed by atoms with Gasteiger partial charge in [0.2, 0.25) is 5.91 Å². The monoisotopic (exact) mass is 230 g/mol. The summed E-state index contributed by atoms with van der Waals surface area (Å²) in [6.45, 7) is 1.38. The first-order valence-electron chi connectivity index (χ1n) is 3.95. The molecule has 6 nitrogen and oxygen atoms in total. The molecule has 0 heterocycles. The van der Waals surface area contributed by atoms with E-state index in [4.69, 9.17) is 11.0 Å². The van der Waals surface area contributed by atoms with Gasteiger partial charge in [-0.2, -0.15) is 0 Å². The second-order valence-corrected chi connectivity index (χ2v) is 3.41. The van der Waals surface area contributed by atoms with E-state index >= 15 is 0 Å². The van der Waals surface area contributed by atoms with Gasteiger partial charge in [0.15, 0.2) is 0 Å². The molecule has 0 unspecified atom stereocenters. The molecular formula is C8H10N2O4S. The van der Waals surface area contributed by atoms with Gasteiger partial charge >= 0.3 is 0 Å². The third-order valence-electron chi connectivity index (χ3n) is 1.47. The molecule has 1 amide bonds. The van der Waals surface area contributed by atoms with Crippen LogP contribution in [0.15, 0.2) is 23.1 Å². The van der Waals surface area contributed by atoms with Gasteiger partial charge in [-0.05, 0) is 18.2 Å². The van der Waals surface area contributed by atoms with Gasteiger partial charge in [-0.15, -0.1) is 4.33 Å². The van der Waals surface area contributed by atoms with E-state index in [0.29, 0.717) is 16.3 Å². The van der Waals surface area contributed by atoms with Gasteiger partial charge < -0.3 is 11.1 Å². The second kappa shape index (κ2) is 5.56. The Hall–Kier alpha value is -1.28. The van der Waals surface area contributed by atoms with E-state index in [2.05, 4.69) is 14.7 Å². The normalized spacial score (nSPS) is 10.0. The predicted octanol–water partition coefficient (Wildman–Crippen LogP) is 1.66. The summed E-state index contributed by atoms with van der Waals surface area (Å²) < 4.78 is 4.26. The molecule has 4 N–H and O–H groups in total. The quantitative estimate of drug-likeness (QED) is 0.315. The minimum absolute atomic E-state index is 0.216. The standard InChI is InChI=1S/C8H10N2O4S/c1-5(11)10-7-3-2-6(9)4-8(7)15-14-13-12/h2-4,12H,9H2,1H3,(H,10,11). The molecule has 0 radical (unpaired) electrons.